The molecule has 1 aliphatic heterocycles. The van der Waals surface area contributed by atoms with E-state index >= 15 is 0 Å². The molecule has 1 unspecified atom stereocenters. The first-order chi connectivity index (χ1) is 17.8. The van der Waals surface area contributed by atoms with Gasteiger partial charge in [-0.05, 0) is 67.5 Å². The molecule has 2 aromatic rings. The average Bonchev–Trinajstić information content (AvgIpc) is 2.82. The lowest BCUT2D eigenvalue weighted by Gasteiger charge is -2.33. The number of aromatic nitrogens is 1. The lowest BCUT2D eigenvalue weighted by Crippen LogP contribution is -2.39. The van der Waals surface area contributed by atoms with Crippen molar-refractivity contribution < 1.29 is 22.8 Å². The van der Waals surface area contributed by atoms with Gasteiger partial charge < -0.3 is 14.7 Å². The van der Waals surface area contributed by atoms with E-state index in [1.54, 1.807) is 26.2 Å². The standard InChI is InChI=1S/C26H30Cl3F3N4O2/c1-34(2)24(37)20-6-7-21(33-23(20)29)36-11-8-16(9-12-36)5-4-10-35(3)25(38)22(26(30,31)32)17-13-18(27)15-19(28)14-17/h6-7,13-16,22H,4-5,8-12H2,1-3H3. The summed E-state index contributed by atoms with van der Waals surface area (Å²) < 4.78 is 41.5. The number of nitrogens with zero attached hydrogens (tertiary/aromatic N) is 4. The van der Waals surface area contributed by atoms with Gasteiger partial charge in [-0.1, -0.05) is 34.8 Å². The quantitative estimate of drug-likeness (QED) is 0.326. The number of piperidine rings is 1. The Balaban J connectivity index is 1.52. The Labute approximate surface area is 235 Å². The normalized spacial score (nSPS) is 15.3. The van der Waals surface area contributed by atoms with Gasteiger partial charge in [0.2, 0.25) is 5.91 Å². The Hall–Kier alpha value is -2.23. The molecule has 208 valence electrons. The van der Waals surface area contributed by atoms with Gasteiger partial charge in [0.1, 0.15) is 11.0 Å². The van der Waals surface area contributed by atoms with Crippen molar-refractivity contribution >= 4 is 52.4 Å². The fourth-order valence-corrected chi connectivity index (χ4v) is 5.39. The number of hydrogen-bond acceptors (Lipinski definition) is 4. The fourth-order valence-electron chi connectivity index (χ4n) is 4.61. The summed E-state index contributed by atoms with van der Waals surface area (Å²) in [7, 11) is 4.68. The number of likely N-dealkylation sites (N-methyl/N-ethyl adjacent to an activating group) is 1. The number of halogens is 6. The zero-order chi connectivity index (χ0) is 28.2. The van der Waals surface area contributed by atoms with E-state index in [-0.39, 0.29) is 33.2 Å². The molecule has 1 aromatic heterocycles. The highest BCUT2D eigenvalue weighted by Crippen LogP contribution is 2.38. The van der Waals surface area contributed by atoms with Crippen LogP contribution in [-0.2, 0) is 4.79 Å². The van der Waals surface area contributed by atoms with E-state index in [9.17, 15) is 22.8 Å². The Morgan fingerprint density at radius 1 is 1.05 bits per heavy atom. The van der Waals surface area contributed by atoms with Crippen LogP contribution in [-0.4, -0.2) is 73.6 Å². The van der Waals surface area contributed by atoms with Crippen LogP contribution in [0.1, 0.15) is 47.5 Å². The van der Waals surface area contributed by atoms with Crippen molar-refractivity contribution in [2.45, 2.75) is 37.8 Å². The van der Waals surface area contributed by atoms with Crippen LogP contribution in [0, 0.1) is 5.92 Å². The maximum Gasteiger partial charge on any atom is 0.404 e. The van der Waals surface area contributed by atoms with Gasteiger partial charge in [0, 0.05) is 50.8 Å². The first-order valence-corrected chi connectivity index (χ1v) is 13.3. The van der Waals surface area contributed by atoms with Crippen LogP contribution in [0.4, 0.5) is 19.0 Å². The molecule has 0 radical (unpaired) electrons. The van der Waals surface area contributed by atoms with E-state index < -0.39 is 18.0 Å². The number of hydrogen-bond donors (Lipinski definition) is 0. The molecule has 2 heterocycles. The van der Waals surface area contributed by atoms with Crippen LogP contribution in [0.3, 0.4) is 0 Å². The minimum absolute atomic E-state index is 0.0408. The lowest BCUT2D eigenvalue weighted by molar-refractivity contribution is -0.171. The second-order valence-corrected chi connectivity index (χ2v) is 10.9. The highest BCUT2D eigenvalue weighted by Gasteiger charge is 2.47. The van der Waals surface area contributed by atoms with E-state index in [0.29, 0.717) is 23.7 Å². The van der Waals surface area contributed by atoms with Gasteiger partial charge in [-0.2, -0.15) is 13.2 Å². The predicted octanol–water partition coefficient (Wildman–Crippen LogP) is 6.54. The molecule has 1 fully saturated rings. The highest BCUT2D eigenvalue weighted by atomic mass is 35.5. The highest BCUT2D eigenvalue weighted by molar-refractivity contribution is 6.34. The summed E-state index contributed by atoms with van der Waals surface area (Å²) in [4.78, 5) is 34.0. The maximum atomic E-state index is 13.8. The van der Waals surface area contributed by atoms with Gasteiger partial charge in [0.25, 0.3) is 5.91 Å². The van der Waals surface area contributed by atoms with Crippen molar-refractivity contribution in [1.82, 2.24) is 14.8 Å². The second-order valence-electron chi connectivity index (χ2n) is 9.72. The molecule has 2 amide bonds. The molecule has 1 saturated heterocycles. The van der Waals surface area contributed by atoms with Crippen LogP contribution in [0.15, 0.2) is 30.3 Å². The zero-order valence-corrected chi connectivity index (χ0v) is 23.6. The fraction of sp³-hybridized carbons (Fsp3) is 0.500. The van der Waals surface area contributed by atoms with Crippen molar-refractivity contribution in [1.29, 1.82) is 0 Å². The summed E-state index contributed by atoms with van der Waals surface area (Å²) in [6.45, 7) is 1.70. The molecular weight excluding hydrogens is 564 g/mol. The molecule has 1 aromatic carbocycles. The average molecular weight is 594 g/mol. The van der Waals surface area contributed by atoms with Gasteiger partial charge in [0.15, 0.2) is 5.92 Å². The van der Waals surface area contributed by atoms with Crippen LogP contribution in [0.25, 0.3) is 0 Å². The number of alkyl halides is 3. The van der Waals surface area contributed by atoms with Crippen molar-refractivity contribution in [2.75, 3.05) is 45.7 Å². The third kappa shape index (κ3) is 7.67. The maximum absolute atomic E-state index is 13.8. The summed E-state index contributed by atoms with van der Waals surface area (Å²) in [5, 5.41) is 0.242. The minimum Gasteiger partial charge on any atom is -0.357 e. The number of rotatable bonds is 8. The summed E-state index contributed by atoms with van der Waals surface area (Å²) >= 11 is 18.0. The van der Waals surface area contributed by atoms with Crippen LogP contribution < -0.4 is 4.90 Å². The monoisotopic (exact) mass is 592 g/mol. The van der Waals surface area contributed by atoms with E-state index in [4.69, 9.17) is 34.8 Å². The Morgan fingerprint density at radius 2 is 1.66 bits per heavy atom. The third-order valence-corrected chi connectivity index (χ3v) is 7.41. The molecule has 1 atom stereocenters. The molecule has 0 aliphatic carbocycles. The van der Waals surface area contributed by atoms with Crippen LogP contribution >= 0.6 is 34.8 Å². The predicted molar refractivity (Wildman–Crippen MR) is 144 cm³/mol. The Morgan fingerprint density at radius 3 is 2.18 bits per heavy atom. The number of benzene rings is 1. The first-order valence-electron chi connectivity index (χ1n) is 12.2. The molecular formula is C26H30Cl3F3N4O2. The minimum atomic E-state index is -4.78. The van der Waals surface area contributed by atoms with Gasteiger partial charge in [-0.3, -0.25) is 9.59 Å². The molecule has 38 heavy (non-hydrogen) atoms. The molecule has 0 bridgehead atoms. The van der Waals surface area contributed by atoms with Crippen molar-refractivity contribution in [3.8, 4) is 0 Å². The first kappa shape index (κ1) is 30.3. The van der Waals surface area contributed by atoms with E-state index in [0.717, 1.165) is 49.4 Å². The van der Waals surface area contributed by atoms with Crippen molar-refractivity contribution in [3.63, 3.8) is 0 Å². The van der Waals surface area contributed by atoms with E-state index in [1.165, 1.54) is 18.0 Å². The van der Waals surface area contributed by atoms with Crippen LogP contribution in [0.2, 0.25) is 15.2 Å². The summed E-state index contributed by atoms with van der Waals surface area (Å²) in [5.41, 5.74) is 0.0761. The van der Waals surface area contributed by atoms with Gasteiger partial charge in [-0.25, -0.2) is 4.98 Å². The van der Waals surface area contributed by atoms with Gasteiger partial charge in [0.05, 0.1) is 5.56 Å². The molecule has 1 aliphatic rings. The number of pyridine rings is 1. The molecule has 12 heteroatoms. The topological polar surface area (TPSA) is 56.8 Å². The molecule has 3 rings (SSSR count). The number of carbonyl (C=O) groups is 2. The third-order valence-electron chi connectivity index (χ3n) is 6.68. The van der Waals surface area contributed by atoms with Gasteiger partial charge in [-0.15, -0.1) is 0 Å². The Kier molecular flexibility index (Phi) is 10.2. The van der Waals surface area contributed by atoms with Gasteiger partial charge >= 0.3 is 6.18 Å². The number of amides is 2. The zero-order valence-electron chi connectivity index (χ0n) is 21.4. The summed E-state index contributed by atoms with van der Waals surface area (Å²) in [5.74, 6) is -2.50. The second kappa shape index (κ2) is 12.7. The largest absolute Gasteiger partial charge is 0.404 e. The molecule has 0 saturated carbocycles. The molecule has 0 N–H and O–H groups in total. The molecule has 6 nitrogen and oxygen atoms in total. The van der Waals surface area contributed by atoms with E-state index in [1.807, 2.05) is 0 Å². The SMILES string of the molecule is CN(C)C(=O)c1ccc(N2CCC(CCCN(C)C(=O)C(c3cc(Cl)cc(Cl)c3)C(F)(F)F)CC2)nc1Cl. The number of carbonyl (C=O) groups excluding carboxylic acids is 2. The number of anilines is 1. The molecule has 0 spiro atoms. The Bertz CT molecular complexity index is 1130. The lowest BCUT2D eigenvalue weighted by atomic mass is 9.92. The summed E-state index contributed by atoms with van der Waals surface area (Å²) in [6, 6.07) is 7.04. The van der Waals surface area contributed by atoms with E-state index in [2.05, 4.69) is 9.88 Å². The smallest absolute Gasteiger partial charge is 0.357 e. The van der Waals surface area contributed by atoms with Crippen molar-refractivity contribution in [3.05, 3.63) is 56.7 Å². The van der Waals surface area contributed by atoms with Crippen molar-refractivity contribution in [2.24, 2.45) is 5.92 Å². The van der Waals surface area contributed by atoms with Crippen LogP contribution in [0.5, 0.6) is 0 Å². The summed E-state index contributed by atoms with van der Waals surface area (Å²) in [6.07, 6.45) is -1.65.